The molecule has 3 aromatic heterocycles. The van der Waals surface area contributed by atoms with Crippen LogP contribution in [-0.2, 0) is 0 Å². The molecule has 0 saturated heterocycles. The van der Waals surface area contributed by atoms with Crippen LogP contribution in [0.2, 0.25) is 0 Å². The van der Waals surface area contributed by atoms with Crippen molar-refractivity contribution in [2.75, 3.05) is 0 Å². The third-order valence-corrected chi connectivity index (χ3v) is 4.87. The van der Waals surface area contributed by atoms with Gasteiger partial charge in [0.1, 0.15) is 11.2 Å². The molecule has 94 valence electrons. The van der Waals surface area contributed by atoms with Crippen LogP contribution in [0.4, 0.5) is 0 Å². The second-order valence-corrected chi connectivity index (χ2v) is 5.95. The smallest absolute Gasteiger partial charge is 0.139 e. The summed E-state index contributed by atoms with van der Waals surface area (Å²) in [6.45, 7) is 0. The van der Waals surface area contributed by atoms with Crippen LogP contribution in [0.1, 0.15) is 0 Å². The van der Waals surface area contributed by atoms with E-state index < -0.39 is 0 Å². The first-order chi connectivity index (χ1) is 9.92. The van der Waals surface area contributed by atoms with Gasteiger partial charge in [0.2, 0.25) is 0 Å². The van der Waals surface area contributed by atoms with Gasteiger partial charge in [0, 0.05) is 26.4 Å². The van der Waals surface area contributed by atoms with Crippen LogP contribution < -0.4 is 0 Å². The van der Waals surface area contributed by atoms with Gasteiger partial charge < -0.3 is 4.42 Å². The number of fused-ring (bicyclic) bond motifs is 2. The Hall–Kier alpha value is -2.39. The molecule has 0 radical (unpaired) electrons. The number of benzene rings is 2. The predicted octanol–water partition coefficient (Wildman–Crippen LogP) is 5.35. The quantitative estimate of drug-likeness (QED) is 0.381. The summed E-state index contributed by atoms with van der Waals surface area (Å²) in [5, 5.41) is 3.50. The number of aromatic nitrogens is 1. The van der Waals surface area contributed by atoms with Gasteiger partial charge in [-0.15, -0.1) is 11.3 Å². The van der Waals surface area contributed by atoms with Crippen molar-refractivity contribution in [2.45, 2.75) is 0 Å². The van der Waals surface area contributed by atoms with Crippen LogP contribution in [0, 0.1) is 0 Å². The molecule has 2 aromatic carbocycles. The van der Waals surface area contributed by atoms with E-state index >= 15 is 0 Å². The van der Waals surface area contributed by atoms with Gasteiger partial charge in [-0.2, -0.15) is 0 Å². The fourth-order valence-electron chi connectivity index (χ4n) is 2.89. The highest BCUT2D eigenvalue weighted by molar-refractivity contribution is 7.24. The highest BCUT2D eigenvalue weighted by Gasteiger charge is 2.14. The molecule has 0 aliphatic carbocycles. The largest absolute Gasteiger partial charge is 0.456 e. The lowest BCUT2D eigenvalue weighted by atomic mass is 10.1. The Bertz CT molecular complexity index is 1100. The molecule has 3 heteroatoms. The molecule has 0 atom stereocenters. The minimum absolute atomic E-state index is 0.912. The molecule has 20 heavy (non-hydrogen) atoms. The van der Waals surface area contributed by atoms with E-state index in [0.29, 0.717) is 0 Å². The summed E-state index contributed by atoms with van der Waals surface area (Å²) in [6, 6.07) is 16.6. The third-order valence-electron chi connectivity index (χ3n) is 3.73. The molecular formula is C17H9NOS. The van der Waals surface area contributed by atoms with Crippen LogP contribution >= 0.6 is 11.3 Å². The molecule has 0 fully saturated rings. The van der Waals surface area contributed by atoms with E-state index in [9.17, 15) is 0 Å². The summed E-state index contributed by atoms with van der Waals surface area (Å²) in [7, 11) is 0. The highest BCUT2D eigenvalue weighted by Crippen LogP contribution is 2.40. The number of pyridine rings is 1. The Morgan fingerprint density at radius 1 is 0.800 bits per heavy atom. The molecule has 0 N–H and O–H groups in total. The zero-order chi connectivity index (χ0) is 13.1. The van der Waals surface area contributed by atoms with Crippen LogP contribution in [0.5, 0.6) is 0 Å². The molecule has 0 aliphatic rings. The van der Waals surface area contributed by atoms with E-state index in [1.165, 1.54) is 20.2 Å². The number of nitrogens with zero attached hydrogens (tertiary/aromatic N) is 1. The van der Waals surface area contributed by atoms with Crippen molar-refractivity contribution in [1.29, 1.82) is 0 Å². The predicted molar refractivity (Wildman–Crippen MR) is 84.4 cm³/mol. The molecule has 0 unspecified atom stereocenters. The Kier molecular flexibility index (Phi) is 1.86. The normalized spacial score (nSPS) is 12.0. The summed E-state index contributed by atoms with van der Waals surface area (Å²) >= 11 is 1.79. The van der Waals surface area contributed by atoms with E-state index in [1.54, 1.807) is 11.3 Å². The fraction of sp³-hybridized carbons (Fsp3) is 0. The van der Waals surface area contributed by atoms with Crippen molar-refractivity contribution in [3.63, 3.8) is 0 Å². The lowest BCUT2D eigenvalue weighted by molar-refractivity contribution is 0.669. The highest BCUT2D eigenvalue weighted by atomic mass is 32.1. The van der Waals surface area contributed by atoms with E-state index in [0.717, 1.165) is 22.1 Å². The number of hydrogen-bond donors (Lipinski definition) is 0. The summed E-state index contributed by atoms with van der Waals surface area (Å²) in [4.78, 5) is 4.62. The monoisotopic (exact) mass is 275 g/mol. The summed E-state index contributed by atoms with van der Waals surface area (Å²) in [5.74, 6) is 0. The molecule has 3 heterocycles. The molecule has 2 nitrogen and oxygen atoms in total. The van der Waals surface area contributed by atoms with Gasteiger partial charge >= 0.3 is 0 Å². The van der Waals surface area contributed by atoms with Crippen molar-refractivity contribution in [3.8, 4) is 0 Å². The SMILES string of the molecule is c1ccc2c(c1)sc1cccc3oc4ccnc2c4c31. The Labute approximate surface area is 118 Å². The molecule has 0 bridgehead atoms. The average Bonchev–Trinajstić information content (AvgIpc) is 2.79. The Morgan fingerprint density at radius 3 is 2.65 bits per heavy atom. The Balaban J connectivity index is 2.32. The number of furan rings is 1. The Morgan fingerprint density at radius 2 is 1.65 bits per heavy atom. The zero-order valence-corrected chi connectivity index (χ0v) is 11.3. The van der Waals surface area contributed by atoms with Gasteiger partial charge in [-0.25, -0.2) is 0 Å². The topological polar surface area (TPSA) is 26.0 Å². The lowest BCUT2D eigenvalue weighted by Crippen LogP contribution is -1.76. The van der Waals surface area contributed by atoms with Crippen LogP contribution in [0.15, 0.2) is 59.1 Å². The molecule has 0 spiro atoms. The molecule has 5 aromatic rings. The molecule has 5 rings (SSSR count). The maximum atomic E-state index is 5.97. The average molecular weight is 275 g/mol. The van der Waals surface area contributed by atoms with Gasteiger partial charge in [-0.1, -0.05) is 24.3 Å². The van der Waals surface area contributed by atoms with Gasteiger partial charge in [0.25, 0.3) is 0 Å². The lowest BCUT2D eigenvalue weighted by Gasteiger charge is -1.95. The molecule has 0 amide bonds. The third kappa shape index (κ3) is 1.20. The minimum atomic E-state index is 0.912. The fourth-order valence-corrected chi connectivity index (χ4v) is 4.00. The maximum absolute atomic E-state index is 5.97. The van der Waals surface area contributed by atoms with Crippen molar-refractivity contribution in [2.24, 2.45) is 0 Å². The van der Waals surface area contributed by atoms with E-state index in [4.69, 9.17) is 4.42 Å². The second-order valence-electron chi connectivity index (χ2n) is 4.86. The van der Waals surface area contributed by atoms with Crippen molar-refractivity contribution in [1.82, 2.24) is 4.98 Å². The first-order valence-electron chi connectivity index (χ1n) is 6.49. The van der Waals surface area contributed by atoms with Crippen molar-refractivity contribution in [3.05, 3.63) is 54.7 Å². The van der Waals surface area contributed by atoms with Crippen molar-refractivity contribution < 1.29 is 4.42 Å². The number of rotatable bonds is 0. The van der Waals surface area contributed by atoms with Gasteiger partial charge in [-0.3, -0.25) is 4.98 Å². The molecule has 0 saturated carbocycles. The van der Waals surface area contributed by atoms with E-state index in [2.05, 4.69) is 35.3 Å². The van der Waals surface area contributed by atoms with Gasteiger partial charge in [0.05, 0.1) is 10.9 Å². The first kappa shape index (κ1) is 10.4. The van der Waals surface area contributed by atoms with Crippen LogP contribution in [0.3, 0.4) is 0 Å². The van der Waals surface area contributed by atoms with Crippen LogP contribution in [-0.4, -0.2) is 4.98 Å². The standard InChI is InChI=1S/C17H9NOS/c1-2-6-13-10(4-1)17-16-12(8-9-18-17)19-11-5-3-7-14(20-13)15(11)16/h1-9H. The van der Waals surface area contributed by atoms with Crippen molar-refractivity contribution >= 4 is 53.6 Å². The minimum Gasteiger partial charge on any atom is -0.456 e. The second kappa shape index (κ2) is 3.58. The summed E-state index contributed by atoms with van der Waals surface area (Å²) in [6.07, 6.45) is 1.83. The van der Waals surface area contributed by atoms with Crippen LogP contribution in [0.25, 0.3) is 42.2 Å². The van der Waals surface area contributed by atoms with E-state index in [1.807, 2.05) is 24.4 Å². The molecular weight excluding hydrogens is 266 g/mol. The van der Waals surface area contributed by atoms with E-state index in [-0.39, 0.29) is 0 Å². The molecule has 0 aliphatic heterocycles. The van der Waals surface area contributed by atoms with Gasteiger partial charge in [0.15, 0.2) is 0 Å². The maximum Gasteiger partial charge on any atom is 0.139 e. The summed E-state index contributed by atoms with van der Waals surface area (Å²) in [5.41, 5.74) is 2.87. The first-order valence-corrected chi connectivity index (χ1v) is 7.31. The summed E-state index contributed by atoms with van der Waals surface area (Å²) < 4.78 is 8.45. The number of hydrogen-bond acceptors (Lipinski definition) is 3. The zero-order valence-electron chi connectivity index (χ0n) is 10.5. The van der Waals surface area contributed by atoms with Gasteiger partial charge in [-0.05, 0) is 24.3 Å².